The highest BCUT2D eigenvalue weighted by Gasteiger charge is 2.12. The number of nitrogens with one attached hydrogen (secondary N) is 1. The third-order valence-corrected chi connectivity index (χ3v) is 5.18. The van der Waals surface area contributed by atoms with E-state index in [0.717, 1.165) is 39.2 Å². The highest BCUT2D eigenvalue weighted by Crippen LogP contribution is 2.21. The molecule has 1 heterocycles. The van der Waals surface area contributed by atoms with Crippen molar-refractivity contribution in [1.82, 2.24) is 4.57 Å². The first kappa shape index (κ1) is 20.9. The molecule has 0 fully saturated rings. The second kappa shape index (κ2) is 9.09. The highest BCUT2D eigenvalue weighted by molar-refractivity contribution is 9.10. The average molecular weight is 455 g/mol. The molecule has 1 N–H and O–H groups in total. The average Bonchev–Trinajstić information content (AvgIpc) is 3.05. The fourth-order valence-corrected chi connectivity index (χ4v) is 3.61. The molecule has 1 aromatic heterocycles. The van der Waals surface area contributed by atoms with Crippen LogP contribution in [0.25, 0.3) is 5.69 Å². The number of aryl methyl sites for hydroxylation is 3. The fourth-order valence-electron chi connectivity index (χ4n) is 3.20. The highest BCUT2D eigenvalue weighted by atomic mass is 79.9. The molecule has 5 nitrogen and oxygen atoms in total. The van der Waals surface area contributed by atoms with Gasteiger partial charge in [-0.25, -0.2) is 4.79 Å². The number of hydrogen-bond acceptors (Lipinski definition) is 3. The third-order valence-electron chi connectivity index (χ3n) is 4.69. The Morgan fingerprint density at radius 3 is 2.28 bits per heavy atom. The van der Waals surface area contributed by atoms with Gasteiger partial charge >= 0.3 is 5.97 Å². The van der Waals surface area contributed by atoms with E-state index < -0.39 is 5.97 Å². The van der Waals surface area contributed by atoms with E-state index in [1.54, 1.807) is 12.1 Å². The molecule has 0 saturated carbocycles. The van der Waals surface area contributed by atoms with E-state index in [4.69, 9.17) is 4.74 Å². The van der Waals surface area contributed by atoms with Crippen molar-refractivity contribution in [1.29, 1.82) is 0 Å². The van der Waals surface area contributed by atoms with Crippen molar-refractivity contribution in [2.45, 2.75) is 27.2 Å². The first-order valence-electron chi connectivity index (χ1n) is 9.40. The van der Waals surface area contributed by atoms with Crippen LogP contribution in [0.3, 0.4) is 0 Å². The summed E-state index contributed by atoms with van der Waals surface area (Å²) in [5.41, 5.74) is 5.34. The molecule has 6 heteroatoms. The topological polar surface area (TPSA) is 60.3 Å². The fraction of sp³-hybridized carbons (Fsp3) is 0.217. The monoisotopic (exact) mass is 454 g/mol. The van der Waals surface area contributed by atoms with Crippen LogP contribution in [0, 0.1) is 13.8 Å². The van der Waals surface area contributed by atoms with E-state index >= 15 is 0 Å². The SMILES string of the molecule is CCc1cc(Br)ccc1NC(=O)COC(=O)c1ccc(-n2c(C)ccc2C)cc1. The van der Waals surface area contributed by atoms with Crippen LogP contribution in [0.15, 0.2) is 59.1 Å². The number of hydrogen-bond donors (Lipinski definition) is 1. The standard InChI is InChI=1S/C23H23BrN2O3/c1-4-17-13-19(24)9-12-21(17)25-22(27)14-29-23(28)18-7-10-20(11-8-18)26-15(2)5-6-16(26)3/h5-13H,4,14H2,1-3H3,(H,25,27). The van der Waals surface area contributed by atoms with Crippen LogP contribution in [-0.4, -0.2) is 23.1 Å². The van der Waals surface area contributed by atoms with Gasteiger partial charge in [0.05, 0.1) is 5.56 Å². The lowest BCUT2D eigenvalue weighted by atomic mass is 10.1. The van der Waals surface area contributed by atoms with Gasteiger partial charge in [-0.15, -0.1) is 0 Å². The number of anilines is 1. The summed E-state index contributed by atoms with van der Waals surface area (Å²) in [6.45, 7) is 5.74. The molecule has 0 aliphatic rings. The number of carbonyl (C=O) groups is 2. The quantitative estimate of drug-likeness (QED) is 0.519. The minimum absolute atomic E-state index is 0.338. The molecule has 3 rings (SSSR count). The van der Waals surface area contributed by atoms with Gasteiger partial charge in [-0.2, -0.15) is 0 Å². The van der Waals surface area contributed by atoms with Crippen LogP contribution in [0.4, 0.5) is 5.69 Å². The van der Waals surface area contributed by atoms with Crippen molar-refractivity contribution in [2.75, 3.05) is 11.9 Å². The van der Waals surface area contributed by atoms with Crippen molar-refractivity contribution >= 4 is 33.5 Å². The number of benzene rings is 2. The first-order valence-corrected chi connectivity index (χ1v) is 10.2. The maximum atomic E-state index is 12.3. The summed E-state index contributed by atoms with van der Waals surface area (Å²) in [4.78, 5) is 24.5. The van der Waals surface area contributed by atoms with Crippen molar-refractivity contribution in [2.24, 2.45) is 0 Å². The molecule has 0 saturated heterocycles. The van der Waals surface area contributed by atoms with E-state index in [2.05, 4.69) is 25.8 Å². The summed E-state index contributed by atoms with van der Waals surface area (Å²) in [6, 6.07) is 16.9. The van der Waals surface area contributed by atoms with Crippen LogP contribution in [0.5, 0.6) is 0 Å². The van der Waals surface area contributed by atoms with E-state index in [1.807, 2.05) is 63.2 Å². The molecule has 150 valence electrons. The number of nitrogens with zero attached hydrogens (tertiary/aromatic N) is 1. The Kier molecular flexibility index (Phi) is 6.54. The van der Waals surface area contributed by atoms with Gasteiger partial charge in [-0.05, 0) is 80.4 Å². The Hall–Kier alpha value is -2.86. The number of aromatic nitrogens is 1. The van der Waals surface area contributed by atoms with Crippen molar-refractivity contribution in [3.8, 4) is 5.69 Å². The smallest absolute Gasteiger partial charge is 0.338 e. The molecule has 1 amide bonds. The van der Waals surface area contributed by atoms with Gasteiger partial charge in [0.2, 0.25) is 0 Å². The molecule has 0 spiro atoms. The van der Waals surface area contributed by atoms with E-state index in [9.17, 15) is 9.59 Å². The Morgan fingerprint density at radius 1 is 1.00 bits per heavy atom. The Morgan fingerprint density at radius 2 is 1.66 bits per heavy atom. The van der Waals surface area contributed by atoms with Crippen molar-refractivity contribution in [3.05, 3.63) is 81.6 Å². The van der Waals surface area contributed by atoms with E-state index in [1.165, 1.54) is 0 Å². The predicted octanol–water partition coefficient (Wildman–Crippen LogP) is 5.21. The Bertz CT molecular complexity index is 1020. The minimum atomic E-state index is -0.529. The lowest BCUT2D eigenvalue weighted by Gasteiger charge is -2.12. The van der Waals surface area contributed by atoms with Crippen LogP contribution < -0.4 is 5.32 Å². The molecular formula is C23H23BrN2O3. The predicted molar refractivity (Wildman–Crippen MR) is 118 cm³/mol. The second-order valence-corrected chi connectivity index (χ2v) is 7.69. The molecule has 0 radical (unpaired) electrons. The number of amides is 1. The molecular weight excluding hydrogens is 432 g/mol. The largest absolute Gasteiger partial charge is 0.452 e. The van der Waals surface area contributed by atoms with Gasteiger partial charge in [0.1, 0.15) is 0 Å². The van der Waals surface area contributed by atoms with Gasteiger partial charge in [0.15, 0.2) is 6.61 Å². The normalized spacial score (nSPS) is 10.6. The molecule has 0 bridgehead atoms. The zero-order valence-corrected chi connectivity index (χ0v) is 18.2. The number of esters is 1. The molecule has 0 atom stereocenters. The molecule has 2 aromatic carbocycles. The van der Waals surface area contributed by atoms with Gasteiger partial charge in [-0.3, -0.25) is 4.79 Å². The third kappa shape index (κ3) is 4.95. The van der Waals surface area contributed by atoms with Crippen molar-refractivity contribution < 1.29 is 14.3 Å². The van der Waals surface area contributed by atoms with Crippen molar-refractivity contribution in [3.63, 3.8) is 0 Å². The number of halogens is 1. The molecule has 0 aliphatic carbocycles. The lowest BCUT2D eigenvalue weighted by Crippen LogP contribution is -2.21. The molecule has 0 unspecified atom stereocenters. The first-order chi connectivity index (χ1) is 13.9. The van der Waals surface area contributed by atoms with Gasteiger partial charge in [-0.1, -0.05) is 22.9 Å². The summed E-state index contributed by atoms with van der Waals surface area (Å²) in [5, 5.41) is 2.80. The zero-order valence-electron chi connectivity index (χ0n) is 16.7. The number of ether oxygens (including phenoxy) is 1. The molecule has 0 aliphatic heterocycles. The zero-order chi connectivity index (χ0) is 21.0. The van der Waals surface area contributed by atoms with Gasteiger partial charge in [0.25, 0.3) is 5.91 Å². The maximum Gasteiger partial charge on any atom is 0.338 e. The lowest BCUT2D eigenvalue weighted by molar-refractivity contribution is -0.119. The van der Waals surface area contributed by atoms with E-state index in [0.29, 0.717) is 5.56 Å². The van der Waals surface area contributed by atoms with Crippen LogP contribution in [0.2, 0.25) is 0 Å². The molecule has 3 aromatic rings. The van der Waals surface area contributed by atoms with Crippen LogP contribution in [0.1, 0.15) is 34.2 Å². The summed E-state index contributed by atoms with van der Waals surface area (Å²) in [6.07, 6.45) is 0.779. The van der Waals surface area contributed by atoms with Gasteiger partial charge in [0, 0.05) is 27.2 Å². The minimum Gasteiger partial charge on any atom is -0.452 e. The number of rotatable bonds is 6. The Balaban J connectivity index is 1.60. The van der Waals surface area contributed by atoms with Crippen LogP contribution in [-0.2, 0) is 16.0 Å². The summed E-state index contributed by atoms with van der Waals surface area (Å²) in [5.74, 6) is -0.898. The molecule has 29 heavy (non-hydrogen) atoms. The maximum absolute atomic E-state index is 12.3. The second-order valence-electron chi connectivity index (χ2n) is 6.78. The Labute approximate surface area is 178 Å². The summed E-state index contributed by atoms with van der Waals surface area (Å²) >= 11 is 3.42. The van der Waals surface area contributed by atoms with Crippen LogP contribution >= 0.6 is 15.9 Å². The van der Waals surface area contributed by atoms with E-state index in [-0.39, 0.29) is 12.5 Å². The van der Waals surface area contributed by atoms with Gasteiger partial charge < -0.3 is 14.6 Å². The number of carbonyl (C=O) groups excluding carboxylic acids is 2. The summed E-state index contributed by atoms with van der Waals surface area (Å²) in [7, 11) is 0. The summed E-state index contributed by atoms with van der Waals surface area (Å²) < 4.78 is 8.22.